The molecule has 0 bridgehead atoms. The molecule has 26 heavy (non-hydrogen) atoms. The Morgan fingerprint density at radius 1 is 1.31 bits per heavy atom. The van der Waals surface area contributed by atoms with E-state index in [1.54, 1.807) is 28.6 Å². The van der Waals surface area contributed by atoms with Crippen LogP contribution in [0.25, 0.3) is 5.69 Å². The lowest BCUT2D eigenvalue weighted by Gasteiger charge is -2.22. The van der Waals surface area contributed by atoms with Crippen LogP contribution in [0.1, 0.15) is 41.5 Å². The first kappa shape index (κ1) is 16.8. The number of rotatable bonds is 3. The van der Waals surface area contributed by atoms with Gasteiger partial charge in [0.1, 0.15) is 5.82 Å². The standard InChI is InChI=1S/C19H20FN3O3/c1-11-14(19(25)26)8-9-22(11)18(24)17-15-6-3-7-16(15)23(21-17)13-5-2-4-12(20)10-13/h2,4-5,10-11,14H,3,6-9H2,1H3,(H,25,26). The summed E-state index contributed by atoms with van der Waals surface area (Å²) < 4.78 is 15.3. The summed E-state index contributed by atoms with van der Waals surface area (Å²) in [5.74, 6) is -2.00. The van der Waals surface area contributed by atoms with Crippen LogP contribution in [0.15, 0.2) is 24.3 Å². The van der Waals surface area contributed by atoms with E-state index in [0.717, 1.165) is 30.5 Å². The molecule has 0 radical (unpaired) electrons. The third-order valence-electron chi connectivity index (χ3n) is 5.52. The molecule has 2 aromatic rings. The van der Waals surface area contributed by atoms with Crippen LogP contribution in [0.4, 0.5) is 4.39 Å². The molecule has 4 rings (SSSR count). The third kappa shape index (κ3) is 2.58. The minimum Gasteiger partial charge on any atom is -0.481 e. The summed E-state index contributed by atoms with van der Waals surface area (Å²) in [4.78, 5) is 26.0. The lowest BCUT2D eigenvalue weighted by Crippen LogP contribution is -2.38. The number of aliphatic carboxylic acids is 1. The minimum atomic E-state index is -0.872. The third-order valence-corrected chi connectivity index (χ3v) is 5.52. The van der Waals surface area contributed by atoms with E-state index in [1.165, 1.54) is 12.1 Å². The molecular formula is C19H20FN3O3. The number of carbonyl (C=O) groups is 2. The van der Waals surface area contributed by atoms with Crippen molar-refractivity contribution < 1.29 is 19.1 Å². The summed E-state index contributed by atoms with van der Waals surface area (Å²) >= 11 is 0. The molecule has 1 aliphatic carbocycles. The number of halogens is 1. The molecule has 2 unspecified atom stereocenters. The average molecular weight is 357 g/mol. The molecule has 1 fully saturated rings. The van der Waals surface area contributed by atoms with Crippen LogP contribution in [0, 0.1) is 11.7 Å². The topological polar surface area (TPSA) is 75.4 Å². The van der Waals surface area contributed by atoms with Gasteiger partial charge in [-0.1, -0.05) is 6.07 Å². The van der Waals surface area contributed by atoms with Gasteiger partial charge in [0.15, 0.2) is 5.69 Å². The van der Waals surface area contributed by atoms with E-state index >= 15 is 0 Å². The fraction of sp³-hybridized carbons (Fsp3) is 0.421. The molecular weight excluding hydrogens is 337 g/mol. The predicted molar refractivity (Wildman–Crippen MR) is 91.8 cm³/mol. The average Bonchev–Trinajstić information content (AvgIpc) is 3.28. The van der Waals surface area contributed by atoms with Gasteiger partial charge in [-0.15, -0.1) is 0 Å². The van der Waals surface area contributed by atoms with Gasteiger partial charge in [0.25, 0.3) is 5.91 Å². The summed E-state index contributed by atoms with van der Waals surface area (Å²) in [6.45, 7) is 2.19. The van der Waals surface area contributed by atoms with E-state index in [1.807, 2.05) is 0 Å². The summed E-state index contributed by atoms with van der Waals surface area (Å²) in [5, 5.41) is 13.8. The van der Waals surface area contributed by atoms with Gasteiger partial charge in [-0.05, 0) is 50.8 Å². The van der Waals surface area contributed by atoms with Crippen LogP contribution in [-0.4, -0.2) is 44.3 Å². The first-order valence-corrected chi connectivity index (χ1v) is 8.88. The number of carboxylic acid groups (broad SMARTS) is 1. The second-order valence-corrected chi connectivity index (χ2v) is 6.99. The second kappa shape index (κ2) is 6.23. The Balaban J connectivity index is 1.71. The molecule has 1 aromatic heterocycles. The van der Waals surface area contributed by atoms with Gasteiger partial charge in [-0.25, -0.2) is 9.07 Å². The van der Waals surface area contributed by atoms with Gasteiger partial charge in [0.05, 0.1) is 11.6 Å². The van der Waals surface area contributed by atoms with Crippen LogP contribution in [-0.2, 0) is 17.6 Å². The van der Waals surface area contributed by atoms with Crippen molar-refractivity contribution in [3.63, 3.8) is 0 Å². The van der Waals surface area contributed by atoms with Crippen LogP contribution >= 0.6 is 0 Å². The normalized spacial score (nSPS) is 21.8. The van der Waals surface area contributed by atoms with Crippen molar-refractivity contribution in [2.45, 2.75) is 38.6 Å². The van der Waals surface area contributed by atoms with Crippen molar-refractivity contribution in [3.8, 4) is 5.69 Å². The Morgan fingerprint density at radius 2 is 2.12 bits per heavy atom. The number of nitrogens with zero attached hydrogens (tertiary/aromatic N) is 3. The molecule has 2 aliphatic rings. The molecule has 1 amide bonds. The largest absolute Gasteiger partial charge is 0.481 e. The van der Waals surface area contributed by atoms with Crippen LogP contribution in [0.3, 0.4) is 0 Å². The minimum absolute atomic E-state index is 0.227. The number of carboxylic acids is 1. The number of carbonyl (C=O) groups excluding carboxylic acids is 1. The van der Waals surface area contributed by atoms with Crippen molar-refractivity contribution >= 4 is 11.9 Å². The van der Waals surface area contributed by atoms with Crippen LogP contribution in [0.5, 0.6) is 0 Å². The molecule has 2 heterocycles. The zero-order valence-electron chi connectivity index (χ0n) is 14.5. The molecule has 0 spiro atoms. The number of likely N-dealkylation sites (tertiary alicyclic amines) is 1. The van der Waals surface area contributed by atoms with Crippen molar-refractivity contribution in [1.29, 1.82) is 0 Å². The number of fused-ring (bicyclic) bond motifs is 1. The Bertz CT molecular complexity index is 892. The zero-order chi connectivity index (χ0) is 18.4. The van der Waals surface area contributed by atoms with Crippen LogP contribution in [0.2, 0.25) is 0 Å². The first-order valence-electron chi connectivity index (χ1n) is 8.88. The fourth-order valence-electron chi connectivity index (χ4n) is 4.12. The van der Waals surface area contributed by atoms with E-state index in [4.69, 9.17) is 0 Å². The van der Waals surface area contributed by atoms with Crippen LogP contribution < -0.4 is 0 Å². The molecule has 7 heteroatoms. The predicted octanol–water partition coefficient (Wildman–Crippen LogP) is 2.44. The number of hydrogen-bond acceptors (Lipinski definition) is 3. The molecule has 1 N–H and O–H groups in total. The molecule has 1 aromatic carbocycles. The highest BCUT2D eigenvalue weighted by atomic mass is 19.1. The van der Waals surface area contributed by atoms with E-state index in [-0.39, 0.29) is 17.8 Å². The molecule has 1 saturated heterocycles. The van der Waals surface area contributed by atoms with Gasteiger partial charge in [0, 0.05) is 23.8 Å². The second-order valence-electron chi connectivity index (χ2n) is 6.99. The Kier molecular flexibility index (Phi) is 4.01. The number of amides is 1. The smallest absolute Gasteiger partial charge is 0.308 e. The Morgan fingerprint density at radius 3 is 2.81 bits per heavy atom. The molecule has 1 aliphatic heterocycles. The fourth-order valence-corrected chi connectivity index (χ4v) is 4.12. The SMILES string of the molecule is CC1C(C(=O)O)CCN1C(=O)c1nn(-c2cccc(F)c2)c2c1CCC2. The highest BCUT2D eigenvalue weighted by Gasteiger charge is 2.40. The van der Waals surface area contributed by atoms with Gasteiger partial charge in [-0.3, -0.25) is 9.59 Å². The maximum atomic E-state index is 13.6. The molecule has 0 saturated carbocycles. The number of benzene rings is 1. The summed E-state index contributed by atoms with van der Waals surface area (Å²) in [5.41, 5.74) is 2.82. The summed E-state index contributed by atoms with van der Waals surface area (Å²) in [6.07, 6.45) is 2.93. The van der Waals surface area contributed by atoms with E-state index < -0.39 is 11.9 Å². The summed E-state index contributed by atoms with van der Waals surface area (Å²) in [7, 11) is 0. The quantitative estimate of drug-likeness (QED) is 0.915. The first-order chi connectivity index (χ1) is 12.5. The molecule has 6 nitrogen and oxygen atoms in total. The van der Waals surface area contributed by atoms with Gasteiger partial charge in [0.2, 0.25) is 0 Å². The van der Waals surface area contributed by atoms with E-state index in [0.29, 0.717) is 24.3 Å². The Labute approximate surface area is 150 Å². The van der Waals surface area contributed by atoms with Gasteiger partial charge in [-0.2, -0.15) is 5.10 Å². The Hall–Kier alpha value is -2.70. The number of hydrogen-bond donors (Lipinski definition) is 1. The number of aromatic nitrogens is 2. The van der Waals surface area contributed by atoms with E-state index in [9.17, 15) is 19.1 Å². The van der Waals surface area contributed by atoms with Crippen molar-refractivity contribution in [3.05, 3.63) is 47.0 Å². The van der Waals surface area contributed by atoms with Crippen molar-refractivity contribution in [2.24, 2.45) is 5.92 Å². The maximum absolute atomic E-state index is 13.6. The molecule has 136 valence electrons. The maximum Gasteiger partial charge on any atom is 0.308 e. The monoisotopic (exact) mass is 357 g/mol. The van der Waals surface area contributed by atoms with Gasteiger partial charge >= 0.3 is 5.97 Å². The van der Waals surface area contributed by atoms with Crippen molar-refractivity contribution in [1.82, 2.24) is 14.7 Å². The zero-order valence-corrected chi connectivity index (χ0v) is 14.5. The highest BCUT2D eigenvalue weighted by molar-refractivity contribution is 5.95. The molecule has 2 atom stereocenters. The highest BCUT2D eigenvalue weighted by Crippen LogP contribution is 2.31. The lowest BCUT2D eigenvalue weighted by atomic mass is 10.0. The van der Waals surface area contributed by atoms with Gasteiger partial charge < -0.3 is 10.0 Å². The van der Waals surface area contributed by atoms with E-state index in [2.05, 4.69) is 5.10 Å². The lowest BCUT2D eigenvalue weighted by molar-refractivity contribution is -0.142. The summed E-state index contributed by atoms with van der Waals surface area (Å²) in [6, 6.07) is 5.80. The van der Waals surface area contributed by atoms with Crippen molar-refractivity contribution in [2.75, 3.05) is 6.54 Å².